The van der Waals surface area contributed by atoms with E-state index in [1.54, 1.807) is 18.2 Å². The van der Waals surface area contributed by atoms with Gasteiger partial charge in [-0.25, -0.2) is 0 Å². The summed E-state index contributed by atoms with van der Waals surface area (Å²) >= 11 is 0. The van der Waals surface area contributed by atoms with E-state index < -0.39 is 12.2 Å². The van der Waals surface area contributed by atoms with Crippen LogP contribution in [-0.2, 0) is 0 Å². The molecule has 2 rings (SSSR count). The van der Waals surface area contributed by atoms with Gasteiger partial charge in [0.2, 0.25) is 0 Å². The average molecular weight is 237 g/mol. The first-order chi connectivity index (χ1) is 8.13. The molecule has 0 bridgehead atoms. The Hall–Kier alpha value is -1.43. The second-order valence-corrected chi connectivity index (χ2v) is 4.03. The number of carbonyl (C=O) groups is 1. The van der Waals surface area contributed by atoms with Gasteiger partial charge in [-0.05, 0) is 17.7 Å². The van der Waals surface area contributed by atoms with Crippen LogP contribution >= 0.6 is 0 Å². The lowest BCUT2D eigenvalue weighted by atomic mass is 9.98. The molecule has 1 heterocycles. The molecule has 92 valence electrons. The van der Waals surface area contributed by atoms with E-state index in [2.05, 4.69) is 0 Å². The molecule has 0 spiro atoms. The van der Waals surface area contributed by atoms with Gasteiger partial charge in [0, 0.05) is 13.0 Å². The number of fused-ring (bicyclic) bond motifs is 1. The summed E-state index contributed by atoms with van der Waals surface area (Å²) in [5.74, 6) is 0.494. The predicted octanol–water partition coefficient (Wildman–Crippen LogP) is 0.00480. The van der Waals surface area contributed by atoms with Gasteiger partial charge in [-0.15, -0.1) is 0 Å². The van der Waals surface area contributed by atoms with Gasteiger partial charge < -0.3 is 20.7 Å². The smallest absolute Gasteiger partial charge is 0.169 e. The van der Waals surface area contributed by atoms with Crippen molar-refractivity contribution in [3.05, 3.63) is 29.3 Å². The van der Waals surface area contributed by atoms with Crippen molar-refractivity contribution in [3.63, 3.8) is 0 Å². The number of carbonyl (C=O) groups excluding carboxylic acids is 1. The molecule has 0 amide bonds. The molecule has 0 aromatic heterocycles. The molecule has 1 aliphatic rings. The Morgan fingerprint density at radius 2 is 2.18 bits per heavy atom. The number of hydrogen-bond acceptors (Lipinski definition) is 5. The summed E-state index contributed by atoms with van der Waals surface area (Å²) in [6.07, 6.45) is -1.71. The van der Waals surface area contributed by atoms with Gasteiger partial charge in [0.25, 0.3) is 0 Å². The van der Waals surface area contributed by atoms with Crippen LogP contribution in [0.25, 0.3) is 0 Å². The molecule has 5 nitrogen and oxygen atoms in total. The van der Waals surface area contributed by atoms with Crippen molar-refractivity contribution in [2.24, 2.45) is 5.73 Å². The molecule has 1 aromatic carbocycles. The summed E-state index contributed by atoms with van der Waals surface area (Å²) in [7, 11) is 0. The maximum absolute atomic E-state index is 11.5. The molecular weight excluding hydrogens is 222 g/mol. The van der Waals surface area contributed by atoms with E-state index in [9.17, 15) is 15.0 Å². The zero-order valence-corrected chi connectivity index (χ0v) is 9.30. The third-order valence-corrected chi connectivity index (χ3v) is 2.84. The van der Waals surface area contributed by atoms with Gasteiger partial charge in [0.15, 0.2) is 5.78 Å². The molecule has 2 unspecified atom stereocenters. The standard InChI is InChI=1S/C12H15NO4/c13-6-10(15)12(16)7-1-2-8-9(14)3-4-17-11(8)5-7/h1-2,5,10,12,15-16H,3-4,6,13H2. The number of rotatable bonds is 3. The minimum atomic E-state index is -1.06. The second-order valence-electron chi connectivity index (χ2n) is 4.03. The molecule has 0 fully saturated rings. The number of aliphatic hydroxyl groups is 2. The van der Waals surface area contributed by atoms with Crippen LogP contribution < -0.4 is 10.5 Å². The van der Waals surface area contributed by atoms with E-state index >= 15 is 0 Å². The summed E-state index contributed by atoms with van der Waals surface area (Å²) in [6.45, 7) is 0.322. The summed E-state index contributed by atoms with van der Waals surface area (Å²) in [5, 5.41) is 19.2. The third-order valence-electron chi connectivity index (χ3n) is 2.84. The van der Waals surface area contributed by atoms with Crippen LogP contribution in [0, 0.1) is 0 Å². The van der Waals surface area contributed by atoms with Gasteiger partial charge in [0.05, 0.1) is 18.3 Å². The summed E-state index contributed by atoms with van der Waals surface area (Å²) in [6, 6.07) is 4.80. The van der Waals surface area contributed by atoms with E-state index in [1.165, 1.54) is 0 Å². The van der Waals surface area contributed by atoms with Gasteiger partial charge in [-0.3, -0.25) is 4.79 Å². The van der Waals surface area contributed by atoms with Gasteiger partial charge in [0.1, 0.15) is 11.9 Å². The molecular formula is C12H15NO4. The van der Waals surface area contributed by atoms with Gasteiger partial charge >= 0.3 is 0 Å². The maximum Gasteiger partial charge on any atom is 0.169 e. The Labute approximate surface area is 98.8 Å². The molecule has 0 saturated carbocycles. The third kappa shape index (κ3) is 2.31. The normalized spacial score (nSPS) is 18.2. The number of hydrogen-bond donors (Lipinski definition) is 3. The van der Waals surface area contributed by atoms with E-state index in [-0.39, 0.29) is 12.3 Å². The zero-order chi connectivity index (χ0) is 12.4. The predicted molar refractivity (Wildman–Crippen MR) is 60.9 cm³/mol. The highest BCUT2D eigenvalue weighted by Gasteiger charge is 2.22. The van der Waals surface area contributed by atoms with Crippen LogP contribution in [0.2, 0.25) is 0 Å². The molecule has 1 aromatic rings. The summed E-state index contributed by atoms with van der Waals surface area (Å²) < 4.78 is 5.35. The van der Waals surface area contributed by atoms with Gasteiger partial charge in [-0.1, -0.05) is 6.07 Å². The largest absolute Gasteiger partial charge is 0.492 e. The SMILES string of the molecule is NCC(O)C(O)c1ccc2c(c1)OCCC2=O. The van der Waals surface area contributed by atoms with E-state index in [0.29, 0.717) is 29.9 Å². The Balaban J connectivity index is 2.30. The monoisotopic (exact) mass is 237 g/mol. The second kappa shape index (κ2) is 4.83. The van der Waals surface area contributed by atoms with Crippen molar-refractivity contribution in [1.29, 1.82) is 0 Å². The van der Waals surface area contributed by atoms with Crippen molar-refractivity contribution in [2.45, 2.75) is 18.6 Å². The van der Waals surface area contributed by atoms with E-state index in [4.69, 9.17) is 10.5 Å². The van der Waals surface area contributed by atoms with Crippen LogP contribution in [0.3, 0.4) is 0 Å². The van der Waals surface area contributed by atoms with Crippen LogP contribution in [-0.4, -0.2) is 35.3 Å². The molecule has 17 heavy (non-hydrogen) atoms. The highest BCUT2D eigenvalue weighted by molar-refractivity contribution is 5.99. The first kappa shape index (κ1) is 12.0. The van der Waals surface area contributed by atoms with E-state index in [1.807, 2.05) is 0 Å². The lowest BCUT2D eigenvalue weighted by molar-refractivity contribution is 0.0241. The number of benzene rings is 1. The number of nitrogens with two attached hydrogens (primary N) is 1. The highest BCUT2D eigenvalue weighted by atomic mass is 16.5. The fraction of sp³-hybridized carbons (Fsp3) is 0.417. The zero-order valence-electron chi connectivity index (χ0n) is 9.30. The Kier molecular flexibility index (Phi) is 3.42. The van der Waals surface area contributed by atoms with E-state index in [0.717, 1.165) is 0 Å². The molecule has 4 N–H and O–H groups in total. The fourth-order valence-corrected chi connectivity index (χ4v) is 1.81. The minimum Gasteiger partial charge on any atom is -0.492 e. The number of ketones is 1. The molecule has 0 radical (unpaired) electrons. The Morgan fingerprint density at radius 1 is 1.41 bits per heavy atom. The van der Waals surface area contributed by atoms with Crippen molar-refractivity contribution in [3.8, 4) is 5.75 Å². The Bertz CT molecular complexity index is 433. The summed E-state index contributed by atoms with van der Waals surface area (Å²) in [5.41, 5.74) is 6.29. The lowest BCUT2D eigenvalue weighted by Crippen LogP contribution is -2.27. The maximum atomic E-state index is 11.5. The summed E-state index contributed by atoms with van der Waals surface area (Å²) in [4.78, 5) is 11.5. The number of Topliss-reactive ketones (excluding diaryl/α,β-unsaturated/α-hetero) is 1. The lowest BCUT2D eigenvalue weighted by Gasteiger charge is -2.20. The van der Waals surface area contributed by atoms with Crippen LogP contribution in [0.5, 0.6) is 5.75 Å². The molecule has 0 aliphatic carbocycles. The minimum absolute atomic E-state index is 0.0297. The fourth-order valence-electron chi connectivity index (χ4n) is 1.81. The Morgan fingerprint density at radius 3 is 2.88 bits per heavy atom. The van der Waals surface area contributed by atoms with Gasteiger partial charge in [-0.2, -0.15) is 0 Å². The molecule has 0 saturated heterocycles. The van der Waals surface area contributed by atoms with Crippen LogP contribution in [0.15, 0.2) is 18.2 Å². The molecule has 1 aliphatic heterocycles. The first-order valence-electron chi connectivity index (χ1n) is 5.49. The molecule has 5 heteroatoms. The van der Waals surface area contributed by atoms with Crippen molar-refractivity contribution in [1.82, 2.24) is 0 Å². The van der Waals surface area contributed by atoms with Crippen molar-refractivity contribution >= 4 is 5.78 Å². The quantitative estimate of drug-likeness (QED) is 0.688. The van der Waals surface area contributed by atoms with Crippen molar-refractivity contribution < 1.29 is 19.7 Å². The van der Waals surface area contributed by atoms with Crippen LogP contribution in [0.4, 0.5) is 0 Å². The first-order valence-corrected chi connectivity index (χ1v) is 5.49. The highest BCUT2D eigenvalue weighted by Crippen LogP contribution is 2.29. The van der Waals surface area contributed by atoms with Crippen LogP contribution in [0.1, 0.15) is 28.4 Å². The molecule has 2 atom stereocenters. The number of ether oxygens (including phenoxy) is 1. The average Bonchev–Trinajstić information content (AvgIpc) is 2.37. The number of aliphatic hydroxyl groups excluding tert-OH is 2. The topological polar surface area (TPSA) is 92.8 Å². The van der Waals surface area contributed by atoms with Crippen molar-refractivity contribution in [2.75, 3.05) is 13.2 Å².